The zero-order valence-electron chi connectivity index (χ0n) is 17.5. The Balaban J connectivity index is 1.22. The van der Waals surface area contributed by atoms with Gasteiger partial charge < -0.3 is 16.4 Å². The minimum absolute atomic E-state index is 0.00743. The van der Waals surface area contributed by atoms with Crippen molar-refractivity contribution < 1.29 is 9.59 Å². The first-order valence-electron chi connectivity index (χ1n) is 11.0. The van der Waals surface area contributed by atoms with E-state index in [1.807, 2.05) is 18.2 Å². The second kappa shape index (κ2) is 9.79. The first kappa shape index (κ1) is 21.8. The van der Waals surface area contributed by atoms with Crippen molar-refractivity contribution in [3.05, 3.63) is 58.9 Å². The molecule has 1 heterocycles. The molecule has 164 valence electrons. The summed E-state index contributed by atoms with van der Waals surface area (Å²) in [6.07, 6.45) is 8.46. The van der Waals surface area contributed by atoms with E-state index in [1.54, 1.807) is 24.5 Å². The number of benzene rings is 1. The lowest BCUT2D eigenvalue weighted by molar-refractivity contribution is -0.122. The van der Waals surface area contributed by atoms with Gasteiger partial charge in [-0.3, -0.25) is 14.6 Å². The molecule has 0 bridgehead atoms. The molecule has 4 rings (SSSR count). The molecule has 0 aliphatic heterocycles. The fourth-order valence-corrected chi connectivity index (χ4v) is 5.05. The third-order valence-corrected chi connectivity index (χ3v) is 6.94. The number of nitrogens with one attached hydrogen (secondary N) is 2. The third kappa shape index (κ3) is 5.25. The van der Waals surface area contributed by atoms with Crippen LogP contribution in [0.1, 0.15) is 49.1 Å². The van der Waals surface area contributed by atoms with Crippen LogP contribution in [0.3, 0.4) is 0 Å². The van der Waals surface area contributed by atoms with Crippen LogP contribution in [-0.4, -0.2) is 29.4 Å². The quantitative estimate of drug-likeness (QED) is 0.638. The van der Waals surface area contributed by atoms with E-state index in [2.05, 4.69) is 15.6 Å². The number of carbonyl (C=O) groups is 2. The van der Waals surface area contributed by atoms with Crippen LogP contribution in [-0.2, 0) is 16.0 Å². The van der Waals surface area contributed by atoms with Gasteiger partial charge in [-0.2, -0.15) is 0 Å². The Hall–Kier alpha value is -2.44. The number of fused-ring (bicyclic) bond motifs is 1. The maximum Gasteiger partial charge on any atom is 0.227 e. The monoisotopic (exact) mass is 440 g/mol. The minimum atomic E-state index is -0.118. The Kier molecular flexibility index (Phi) is 6.88. The molecule has 4 N–H and O–H groups in total. The average molecular weight is 441 g/mol. The molecule has 0 radical (unpaired) electrons. The van der Waals surface area contributed by atoms with Crippen LogP contribution >= 0.6 is 11.6 Å². The zero-order valence-corrected chi connectivity index (χ0v) is 18.3. The van der Waals surface area contributed by atoms with Gasteiger partial charge in [-0.05, 0) is 79.8 Å². The van der Waals surface area contributed by atoms with Gasteiger partial charge in [0.15, 0.2) is 0 Å². The number of hydrogen-bond acceptors (Lipinski definition) is 4. The standard InChI is InChI=1S/C24H29ClN4O2/c25-18-6-8-20-17(13-18)5-7-21(20)24(31)28-14-22(26)15-1-3-16(4-2-15)23(30)29-19-9-11-27-12-10-19/h6,8-13,15-16,21-22H,1-5,7,14,26H2,(H,28,31)(H,27,29,30)/t15-,16-,21?,22?. The molecule has 0 spiro atoms. The van der Waals surface area contributed by atoms with Gasteiger partial charge in [0.25, 0.3) is 0 Å². The van der Waals surface area contributed by atoms with Crippen LogP contribution in [0.5, 0.6) is 0 Å². The SMILES string of the molecule is NC(CNC(=O)C1CCc2cc(Cl)ccc21)[C@H]1CC[C@H](C(=O)Nc2ccncc2)CC1. The van der Waals surface area contributed by atoms with Crippen molar-refractivity contribution in [3.8, 4) is 0 Å². The van der Waals surface area contributed by atoms with E-state index in [9.17, 15) is 9.59 Å². The van der Waals surface area contributed by atoms with Crippen LogP contribution in [0.25, 0.3) is 0 Å². The van der Waals surface area contributed by atoms with Gasteiger partial charge in [0.2, 0.25) is 11.8 Å². The summed E-state index contributed by atoms with van der Waals surface area (Å²) in [5.41, 5.74) is 9.44. The number of aromatic nitrogens is 1. The first-order valence-corrected chi connectivity index (χ1v) is 11.4. The number of carbonyl (C=O) groups excluding carboxylic acids is 2. The molecule has 2 aliphatic carbocycles. The summed E-state index contributed by atoms with van der Waals surface area (Å²) in [5.74, 6) is 0.313. The predicted octanol–water partition coefficient (Wildman–Crippen LogP) is 3.65. The van der Waals surface area contributed by atoms with Crippen LogP contribution in [0.15, 0.2) is 42.7 Å². The smallest absolute Gasteiger partial charge is 0.227 e. The van der Waals surface area contributed by atoms with E-state index in [-0.39, 0.29) is 29.7 Å². The fourth-order valence-electron chi connectivity index (χ4n) is 4.86. The van der Waals surface area contributed by atoms with Crippen LogP contribution in [0.2, 0.25) is 5.02 Å². The minimum Gasteiger partial charge on any atom is -0.354 e. The largest absolute Gasteiger partial charge is 0.354 e. The van der Waals surface area contributed by atoms with Crippen molar-refractivity contribution in [2.75, 3.05) is 11.9 Å². The van der Waals surface area contributed by atoms with Crippen molar-refractivity contribution in [3.63, 3.8) is 0 Å². The molecule has 1 saturated carbocycles. The highest BCUT2D eigenvalue weighted by Crippen LogP contribution is 2.35. The number of nitrogens with two attached hydrogens (primary N) is 1. The summed E-state index contributed by atoms with van der Waals surface area (Å²) in [7, 11) is 0. The molecular formula is C24H29ClN4O2. The number of amides is 2. The highest BCUT2D eigenvalue weighted by atomic mass is 35.5. The number of halogens is 1. The second-order valence-corrected chi connectivity index (χ2v) is 9.12. The normalized spacial score (nSPS) is 23.6. The molecule has 2 amide bonds. The Morgan fingerprint density at radius 3 is 2.55 bits per heavy atom. The molecule has 0 saturated heterocycles. The van der Waals surface area contributed by atoms with Gasteiger partial charge in [-0.25, -0.2) is 0 Å². The summed E-state index contributed by atoms with van der Waals surface area (Å²) in [4.78, 5) is 29.2. The zero-order chi connectivity index (χ0) is 21.8. The number of aryl methyl sites for hydroxylation is 1. The lowest BCUT2D eigenvalue weighted by Crippen LogP contribution is -2.44. The predicted molar refractivity (Wildman–Crippen MR) is 122 cm³/mol. The third-order valence-electron chi connectivity index (χ3n) is 6.71. The van der Waals surface area contributed by atoms with Crippen molar-refractivity contribution >= 4 is 29.1 Å². The lowest BCUT2D eigenvalue weighted by Gasteiger charge is -2.31. The Morgan fingerprint density at radius 2 is 1.81 bits per heavy atom. The summed E-state index contributed by atoms with van der Waals surface area (Å²) >= 11 is 6.06. The highest BCUT2D eigenvalue weighted by Gasteiger charge is 2.31. The molecule has 2 unspecified atom stereocenters. The number of hydrogen-bond donors (Lipinski definition) is 3. The molecule has 1 aromatic carbocycles. The Bertz CT molecular complexity index is 928. The molecule has 6 nitrogen and oxygen atoms in total. The summed E-state index contributed by atoms with van der Waals surface area (Å²) in [5, 5.41) is 6.74. The summed E-state index contributed by atoms with van der Waals surface area (Å²) in [6.45, 7) is 0.469. The van der Waals surface area contributed by atoms with Gasteiger partial charge in [-0.15, -0.1) is 0 Å². The van der Waals surface area contributed by atoms with E-state index in [1.165, 1.54) is 5.56 Å². The molecule has 2 aliphatic rings. The summed E-state index contributed by atoms with van der Waals surface area (Å²) in [6, 6.07) is 9.26. The van der Waals surface area contributed by atoms with Gasteiger partial charge >= 0.3 is 0 Å². The van der Waals surface area contributed by atoms with E-state index < -0.39 is 0 Å². The van der Waals surface area contributed by atoms with E-state index >= 15 is 0 Å². The van der Waals surface area contributed by atoms with Crippen molar-refractivity contribution in [2.24, 2.45) is 17.6 Å². The van der Waals surface area contributed by atoms with Crippen LogP contribution < -0.4 is 16.4 Å². The van der Waals surface area contributed by atoms with E-state index in [4.69, 9.17) is 17.3 Å². The van der Waals surface area contributed by atoms with Gasteiger partial charge in [0.05, 0.1) is 5.92 Å². The number of rotatable bonds is 6. The topological polar surface area (TPSA) is 97.1 Å². The Morgan fingerprint density at radius 1 is 1.06 bits per heavy atom. The van der Waals surface area contributed by atoms with E-state index in [0.29, 0.717) is 17.5 Å². The highest BCUT2D eigenvalue weighted by molar-refractivity contribution is 6.30. The maximum absolute atomic E-state index is 12.7. The van der Waals surface area contributed by atoms with Gasteiger partial charge in [0.1, 0.15) is 0 Å². The van der Waals surface area contributed by atoms with Crippen LogP contribution in [0.4, 0.5) is 5.69 Å². The Labute approximate surface area is 188 Å². The summed E-state index contributed by atoms with van der Waals surface area (Å²) < 4.78 is 0. The van der Waals surface area contributed by atoms with Crippen LogP contribution in [0, 0.1) is 11.8 Å². The maximum atomic E-state index is 12.7. The first-order chi connectivity index (χ1) is 15.0. The number of nitrogens with zero attached hydrogens (tertiary/aromatic N) is 1. The second-order valence-electron chi connectivity index (χ2n) is 8.68. The average Bonchev–Trinajstić information content (AvgIpc) is 3.21. The molecule has 1 fully saturated rings. The molecule has 2 atom stereocenters. The van der Waals surface area contributed by atoms with E-state index in [0.717, 1.165) is 49.8 Å². The van der Waals surface area contributed by atoms with Gasteiger partial charge in [-0.1, -0.05) is 17.7 Å². The van der Waals surface area contributed by atoms with Crippen molar-refractivity contribution in [1.82, 2.24) is 10.3 Å². The number of pyridine rings is 1. The number of anilines is 1. The molecule has 2 aromatic rings. The molecule has 7 heteroatoms. The lowest BCUT2D eigenvalue weighted by atomic mass is 9.78. The van der Waals surface area contributed by atoms with Crippen molar-refractivity contribution in [1.29, 1.82) is 0 Å². The van der Waals surface area contributed by atoms with Gasteiger partial charge in [0, 0.05) is 41.6 Å². The fraction of sp³-hybridized carbons (Fsp3) is 0.458. The molecule has 1 aromatic heterocycles. The molecular weight excluding hydrogens is 412 g/mol. The van der Waals surface area contributed by atoms with Crippen molar-refractivity contribution in [2.45, 2.75) is 50.5 Å². The molecule has 31 heavy (non-hydrogen) atoms.